The molecule has 1 N–H and O–H groups in total. The zero-order chi connectivity index (χ0) is 14.0. The number of benzene rings is 1. The second kappa shape index (κ2) is 5.26. The Morgan fingerprint density at radius 1 is 1.47 bits per heavy atom. The first-order valence-electron chi connectivity index (χ1n) is 5.98. The van der Waals surface area contributed by atoms with E-state index in [2.05, 4.69) is 0 Å². The minimum absolute atomic E-state index is 0.108. The molecule has 1 aliphatic heterocycles. The van der Waals surface area contributed by atoms with E-state index < -0.39 is 5.97 Å². The zero-order valence-corrected chi connectivity index (χ0v) is 10.5. The Bertz CT molecular complexity index is 506. The Kier molecular flexibility index (Phi) is 3.69. The van der Waals surface area contributed by atoms with Gasteiger partial charge in [-0.2, -0.15) is 0 Å². The number of hydrogen-bond donors (Lipinski definition) is 1. The van der Waals surface area contributed by atoms with Crippen LogP contribution in [-0.4, -0.2) is 47.0 Å². The van der Waals surface area contributed by atoms with Gasteiger partial charge in [0.15, 0.2) is 0 Å². The molecule has 1 heterocycles. The van der Waals surface area contributed by atoms with Crippen LogP contribution in [0.25, 0.3) is 0 Å². The van der Waals surface area contributed by atoms with E-state index in [4.69, 9.17) is 5.11 Å². The third kappa shape index (κ3) is 2.67. The summed E-state index contributed by atoms with van der Waals surface area (Å²) in [5.41, 5.74) is 0.455. The first-order chi connectivity index (χ1) is 9.00. The van der Waals surface area contributed by atoms with Gasteiger partial charge in [0.2, 0.25) is 0 Å². The van der Waals surface area contributed by atoms with Gasteiger partial charge >= 0.3 is 12.0 Å². The minimum atomic E-state index is -0.954. The number of amides is 2. The van der Waals surface area contributed by atoms with Crippen molar-refractivity contribution < 1.29 is 19.1 Å². The average Bonchev–Trinajstić information content (AvgIpc) is 2.65. The molecule has 1 atom stereocenters. The number of nitrogens with zero attached hydrogens (tertiary/aromatic N) is 2. The highest BCUT2D eigenvalue weighted by Gasteiger charge is 2.36. The molecule has 19 heavy (non-hydrogen) atoms. The van der Waals surface area contributed by atoms with Crippen molar-refractivity contribution in [1.29, 1.82) is 0 Å². The van der Waals surface area contributed by atoms with Crippen LogP contribution in [0.4, 0.5) is 9.18 Å². The molecule has 1 aromatic carbocycles. The quantitative estimate of drug-likeness (QED) is 0.902. The molecule has 1 aromatic rings. The summed E-state index contributed by atoms with van der Waals surface area (Å²) in [7, 11) is 1.60. The fourth-order valence-electron chi connectivity index (χ4n) is 2.24. The number of carboxylic acid groups (broad SMARTS) is 1. The van der Waals surface area contributed by atoms with Crippen molar-refractivity contribution >= 4 is 12.0 Å². The molecule has 1 fully saturated rings. The van der Waals surface area contributed by atoms with Crippen LogP contribution in [0.15, 0.2) is 24.3 Å². The van der Waals surface area contributed by atoms with Gasteiger partial charge in [-0.15, -0.1) is 0 Å². The summed E-state index contributed by atoms with van der Waals surface area (Å²) < 4.78 is 13.7. The van der Waals surface area contributed by atoms with Crippen molar-refractivity contribution in [2.45, 2.75) is 12.5 Å². The summed E-state index contributed by atoms with van der Waals surface area (Å²) in [5.74, 6) is -1.31. The molecule has 1 unspecified atom stereocenters. The van der Waals surface area contributed by atoms with E-state index in [0.717, 1.165) is 0 Å². The van der Waals surface area contributed by atoms with Gasteiger partial charge in [0.1, 0.15) is 5.82 Å². The van der Waals surface area contributed by atoms with E-state index in [-0.39, 0.29) is 30.9 Å². The Balaban J connectivity index is 2.14. The van der Waals surface area contributed by atoms with Gasteiger partial charge < -0.3 is 14.9 Å². The van der Waals surface area contributed by atoms with Crippen LogP contribution in [-0.2, 0) is 4.79 Å². The predicted octanol–water partition coefficient (Wildman–Crippen LogP) is 1.71. The molecule has 0 saturated carbocycles. The Morgan fingerprint density at radius 3 is 2.79 bits per heavy atom. The van der Waals surface area contributed by atoms with Crippen molar-refractivity contribution in [3.8, 4) is 0 Å². The second-order valence-corrected chi connectivity index (χ2v) is 4.52. The van der Waals surface area contributed by atoms with Crippen LogP contribution in [0.3, 0.4) is 0 Å². The van der Waals surface area contributed by atoms with Crippen molar-refractivity contribution in [1.82, 2.24) is 9.80 Å². The standard InChI is InChI=1S/C13H15FN2O3/c1-15-11(9-4-2-3-5-10(9)14)8-16(13(15)19)7-6-12(17)18/h2-5,11H,6-8H2,1H3,(H,17,18). The molecule has 2 rings (SSSR count). The van der Waals surface area contributed by atoms with Crippen molar-refractivity contribution in [3.05, 3.63) is 35.6 Å². The van der Waals surface area contributed by atoms with Crippen molar-refractivity contribution in [2.75, 3.05) is 20.1 Å². The number of urea groups is 1. The SMILES string of the molecule is CN1C(=O)N(CCC(=O)O)CC1c1ccccc1F. The molecular weight excluding hydrogens is 251 g/mol. The van der Waals surface area contributed by atoms with E-state index in [9.17, 15) is 14.0 Å². The Labute approximate surface area is 110 Å². The number of carboxylic acids is 1. The molecule has 0 radical (unpaired) electrons. The summed E-state index contributed by atoms with van der Waals surface area (Å²) in [6.07, 6.45) is -0.108. The highest BCUT2D eigenvalue weighted by Crippen LogP contribution is 2.29. The molecule has 6 heteroatoms. The second-order valence-electron chi connectivity index (χ2n) is 4.52. The van der Waals surface area contributed by atoms with E-state index in [1.165, 1.54) is 15.9 Å². The molecule has 102 valence electrons. The number of carbonyl (C=O) groups excluding carboxylic acids is 1. The average molecular weight is 266 g/mol. The van der Waals surface area contributed by atoms with E-state index in [1.807, 2.05) is 0 Å². The number of likely N-dealkylation sites (N-methyl/N-ethyl adjacent to an activating group) is 1. The minimum Gasteiger partial charge on any atom is -0.481 e. The lowest BCUT2D eigenvalue weighted by molar-refractivity contribution is -0.137. The predicted molar refractivity (Wildman–Crippen MR) is 66.1 cm³/mol. The van der Waals surface area contributed by atoms with Crippen LogP contribution >= 0.6 is 0 Å². The number of rotatable bonds is 4. The van der Waals surface area contributed by atoms with Crippen molar-refractivity contribution in [3.63, 3.8) is 0 Å². The summed E-state index contributed by atoms with van der Waals surface area (Å²) in [6.45, 7) is 0.451. The van der Waals surface area contributed by atoms with Crippen LogP contribution in [0.5, 0.6) is 0 Å². The molecule has 5 nitrogen and oxygen atoms in total. The molecular formula is C13H15FN2O3. The van der Waals surface area contributed by atoms with Gasteiger partial charge in [0.05, 0.1) is 12.5 Å². The van der Waals surface area contributed by atoms with E-state index in [0.29, 0.717) is 12.1 Å². The third-order valence-electron chi connectivity index (χ3n) is 3.29. The first-order valence-corrected chi connectivity index (χ1v) is 5.98. The first kappa shape index (κ1) is 13.3. The Morgan fingerprint density at radius 2 is 2.16 bits per heavy atom. The van der Waals surface area contributed by atoms with Crippen LogP contribution < -0.4 is 0 Å². The maximum atomic E-state index is 13.7. The number of aliphatic carboxylic acids is 1. The molecule has 2 amide bonds. The molecule has 0 aliphatic carbocycles. The highest BCUT2D eigenvalue weighted by molar-refractivity contribution is 5.78. The van der Waals surface area contributed by atoms with E-state index in [1.54, 1.807) is 25.2 Å². The van der Waals surface area contributed by atoms with Crippen molar-refractivity contribution in [2.24, 2.45) is 0 Å². The van der Waals surface area contributed by atoms with Gasteiger partial charge in [-0.3, -0.25) is 4.79 Å². The monoisotopic (exact) mass is 266 g/mol. The lowest BCUT2D eigenvalue weighted by atomic mass is 10.1. The van der Waals surface area contributed by atoms with Crippen LogP contribution in [0, 0.1) is 5.82 Å². The maximum Gasteiger partial charge on any atom is 0.320 e. The van der Waals surface area contributed by atoms with Crippen LogP contribution in [0.1, 0.15) is 18.0 Å². The molecule has 1 saturated heterocycles. The molecule has 0 bridgehead atoms. The fraction of sp³-hybridized carbons (Fsp3) is 0.385. The summed E-state index contributed by atoms with van der Waals surface area (Å²) in [5, 5.41) is 8.64. The summed E-state index contributed by atoms with van der Waals surface area (Å²) >= 11 is 0. The molecule has 0 aromatic heterocycles. The fourth-order valence-corrected chi connectivity index (χ4v) is 2.24. The summed E-state index contributed by atoms with van der Waals surface area (Å²) in [4.78, 5) is 25.4. The molecule has 0 spiro atoms. The largest absolute Gasteiger partial charge is 0.481 e. The van der Waals surface area contributed by atoms with Gasteiger partial charge in [0, 0.05) is 25.7 Å². The van der Waals surface area contributed by atoms with Gasteiger partial charge in [-0.1, -0.05) is 18.2 Å². The van der Waals surface area contributed by atoms with Gasteiger partial charge in [-0.05, 0) is 6.07 Å². The smallest absolute Gasteiger partial charge is 0.320 e. The maximum absolute atomic E-state index is 13.7. The highest BCUT2D eigenvalue weighted by atomic mass is 19.1. The number of carbonyl (C=O) groups is 2. The lowest BCUT2D eigenvalue weighted by Crippen LogP contribution is -2.31. The lowest BCUT2D eigenvalue weighted by Gasteiger charge is -2.18. The van der Waals surface area contributed by atoms with Gasteiger partial charge in [0.25, 0.3) is 0 Å². The molecule has 1 aliphatic rings. The topological polar surface area (TPSA) is 60.9 Å². The zero-order valence-electron chi connectivity index (χ0n) is 10.5. The number of halogens is 1. The Hall–Kier alpha value is -2.11. The van der Waals surface area contributed by atoms with Crippen LogP contribution in [0.2, 0.25) is 0 Å². The third-order valence-corrected chi connectivity index (χ3v) is 3.29. The van der Waals surface area contributed by atoms with Gasteiger partial charge in [-0.25, -0.2) is 9.18 Å². The summed E-state index contributed by atoms with van der Waals surface area (Å²) in [6, 6.07) is 5.67. The van der Waals surface area contributed by atoms with E-state index >= 15 is 0 Å². The number of hydrogen-bond acceptors (Lipinski definition) is 2. The normalized spacial score (nSPS) is 19.1.